The van der Waals surface area contributed by atoms with E-state index < -0.39 is 0 Å². The van der Waals surface area contributed by atoms with Crippen molar-refractivity contribution in [2.75, 3.05) is 25.3 Å². The predicted octanol–water partition coefficient (Wildman–Crippen LogP) is 2.70. The van der Waals surface area contributed by atoms with Gasteiger partial charge in [-0.1, -0.05) is 12.5 Å². The molecular weight excluding hydrogens is 352 g/mol. The Morgan fingerprint density at radius 2 is 2.12 bits per heavy atom. The Morgan fingerprint density at radius 1 is 1.19 bits per heavy atom. The molecule has 3 heterocycles. The van der Waals surface area contributed by atoms with Gasteiger partial charge in [0.2, 0.25) is 11.9 Å². The van der Waals surface area contributed by atoms with Crippen molar-refractivity contribution in [3.8, 4) is 17.4 Å². The first-order valence-corrected chi connectivity index (χ1v) is 9.35. The van der Waals surface area contributed by atoms with Crippen LogP contribution in [0.3, 0.4) is 0 Å². The zero-order valence-electron chi connectivity index (χ0n) is 14.5. The molecule has 1 aliphatic heterocycles. The summed E-state index contributed by atoms with van der Waals surface area (Å²) >= 11 is 1.38. The number of benzene rings is 1. The van der Waals surface area contributed by atoms with E-state index in [2.05, 4.69) is 36.5 Å². The van der Waals surface area contributed by atoms with Gasteiger partial charge in [0.15, 0.2) is 11.5 Å². The zero-order chi connectivity index (χ0) is 17.8. The maximum atomic E-state index is 5.43. The van der Waals surface area contributed by atoms with Crippen molar-refractivity contribution < 1.29 is 9.47 Å². The lowest BCUT2D eigenvalue weighted by Gasteiger charge is -2.14. The number of fused-ring (bicyclic) bond motifs is 1. The monoisotopic (exact) mass is 372 g/mol. The van der Waals surface area contributed by atoms with Gasteiger partial charge in [0, 0.05) is 25.1 Å². The molecule has 0 N–H and O–H groups in total. The molecule has 0 radical (unpaired) electrons. The van der Waals surface area contributed by atoms with Crippen LogP contribution < -0.4 is 14.4 Å². The van der Waals surface area contributed by atoms with Crippen molar-refractivity contribution in [3.63, 3.8) is 0 Å². The van der Waals surface area contributed by atoms with Gasteiger partial charge in [0.1, 0.15) is 12.7 Å². The quantitative estimate of drug-likeness (QED) is 0.563. The highest BCUT2D eigenvalue weighted by Gasteiger charge is 2.13. The molecule has 1 aliphatic rings. The minimum Gasteiger partial charge on any atom is -0.454 e. The van der Waals surface area contributed by atoms with E-state index in [9.17, 15) is 0 Å². The van der Waals surface area contributed by atoms with Gasteiger partial charge in [-0.3, -0.25) is 0 Å². The summed E-state index contributed by atoms with van der Waals surface area (Å²) in [7, 11) is 2.05. The normalized spacial score (nSPS) is 12.5. The smallest absolute Gasteiger partial charge is 0.265 e. The van der Waals surface area contributed by atoms with Gasteiger partial charge in [0.05, 0.1) is 0 Å². The molecular formula is C17H20N6O2S. The Labute approximate surface area is 155 Å². The van der Waals surface area contributed by atoms with Crippen molar-refractivity contribution in [1.82, 2.24) is 24.1 Å². The lowest BCUT2D eigenvalue weighted by Crippen LogP contribution is -2.18. The Morgan fingerprint density at radius 3 is 3.00 bits per heavy atom. The van der Waals surface area contributed by atoms with Crippen LogP contribution in [-0.4, -0.2) is 44.5 Å². The predicted molar refractivity (Wildman–Crippen MR) is 98.2 cm³/mol. The first-order valence-electron chi connectivity index (χ1n) is 8.58. The molecule has 0 saturated carbocycles. The van der Waals surface area contributed by atoms with Crippen LogP contribution in [0.5, 0.6) is 11.5 Å². The lowest BCUT2D eigenvalue weighted by atomic mass is 10.1. The number of unbranched alkanes of at least 4 members (excludes halogenated alkanes) is 2. The van der Waals surface area contributed by atoms with Crippen LogP contribution in [0.4, 0.5) is 5.13 Å². The van der Waals surface area contributed by atoms with Crippen LogP contribution in [0.25, 0.3) is 5.95 Å². The maximum absolute atomic E-state index is 5.43. The molecule has 0 fully saturated rings. The molecule has 26 heavy (non-hydrogen) atoms. The van der Waals surface area contributed by atoms with Crippen LogP contribution in [0.15, 0.2) is 30.9 Å². The van der Waals surface area contributed by atoms with Gasteiger partial charge in [-0.2, -0.15) is 14.8 Å². The molecule has 0 aliphatic carbocycles. The van der Waals surface area contributed by atoms with Gasteiger partial charge in [0.25, 0.3) is 5.95 Å². The van der Waals surface area contributed by atoms with E-state index in [0.29, 0.717) is 12.7 Å². The minimum absolute atomic E-state index is 0.329. The summed E-state index contributed by atoms with van der Waals surface area (Å²) in [5, 5.41) is 4.94. The summed E-state index contributed by atoms with van der Waals surface area (Å²) < 4.78 is 16.7. The number of aryl methyl sites for hydroxylation is 1. The van der Waals surface area contributed by atoms with Crippen LogP contribution in [-0.2, 0) is 6.42 Å². The summed E-state index contributed by atoms with van der Waals surface area (Å²) in [6, 6.07) is 6.20. The number of nitrogens with zero attached hydrogens (tertiary/aromatic N) is 6. The van der Waals surface area contributed by atoms with E-state index in [1.807, 2.05) is 13.1 Å². The Kier molecular flexibility index (Phi) is 4.96. The highest BCUT2D eigenvalue weighted by atomic mass is 32.1. The molecule has 0 atom stereocenters. The third-order valence-corrected chi connectivity index (χ3v) is 5.07. The number of aromatic nitrogens is 5. The number of anilines is 1. The van der Waals surface area contributed by atoms with Gasteiger partial charge in [-0.15, -0.1) is 4.37 Å². The number of rotatable bonds is 8. The summed E-state index contributed by atoms with van der Waals surface area (Å²) in [6.45, 7) is 1.28. The van der Waals surface area contributed by atoms with Crippen molar-refractivity contribution in [2.24, 2.45) is 0 Å². The Bertz CT molecular complexity index is 851. The van der Waals surface area contributed by atoms with E-state index in [1.54, 1.807) is 11.0 Å². The molecule has 1 aromatic carbocycles. The van der Waals surface area contributed by atoms with E-state index in [1.165, 1.54) is 23.4 Å². The van der Waals surface area contributed by atoms with E-state index in [0.717, 1.165) is 48.9 Å². The molecule has 136 valence electrons. The first-order chi connectivity index (χ1) is 12.8. The van der Waals surface area contributed by atoms with Crippen LogP contribution in [0, 0.1) is 0 Å². The molecule has 4 rings (SSSR count). The van der Waals surface area contributed by atoms with Gasteiger partial charge >= 0.3 is 0 Å². The first kappa shape index (κ1) is 16.8. The highest BCUT2D eigenvalue weighted by Crippen LogP contribution is 2.32. The number of ether oxygens (including phenoxy) is 2. The molecule has 0 unspecified atom stereocenters. The fraction of sp³-hybridized carbons (Fsp3) is 0.412. The Balaban J connectivity index is 1.20. The SMILES string of the molecule is CN(CCCCCc1ccc2c(c1)OCO2)c1nc(-n2cncn2)ns1. The zero-order valence-corrected chi connectivity index (χ0v) is 15.4. The summed E-state index contributed by atoms with van der Waals surface area (Å²) in [5.41, 5.74) is 1.30. The second kappa shape index (κ2) is 7.69. The van der Waals surface area contributed by atoms with Gasteiger partial charge < -0.3 is 14.4 Å². The average molecular weight is 372 g/mol. The van der Waals surface area contributed by atoms with Crippen molar-refractivity contribution in [2.45, 2.75) is 25.7 Å². The summed E-state index contributed by atoms with van der Waals surface area (Å²) in [4.78, 5) is 10.6. The third-order valence-electron chi connectivity index (χ3n) is 4.25. The maximum Gasteiger partial charge on any atom is 0.265 e. The van der Waals surface area contributed by atoms with Crippen LogP contribution in [0.1, 0.15) is 24.8 Å². The fourth-order valence-corrected chi connectivity index (χ4v) is 3.46. The molecule has 2 aromatic heterocycles. The molecule has 0 spiro atoms. The third kappa shape index (κ3) is 3.77. The van der Waals surface area contributed by atoms with Crippen molar-refractivity contribution >= 4 is 16.7 Å². The molecule has 0 saturated heterocycles. The van der Waals surface area contributed by atoms with Crippen molar-refractivity contribution in [1.29, 1.82) is 0 Å². The van der Waals surface area contributed by atoms with Gasteiger partial charge in [-0.25, -0.2) is 4.98 Å². The fourth-order valence-electron chi connectivity index (χ4n) is 2.81. The molecule has 0 amide bonds. The van der Waals surface area contributed by atoms with Crippen LogP contribution in [0.2, 0.25) is 0 Å². The second-order valence-corrected chi connectivity index (χ2v) is 6.87. The van der Waals surface area contributed by atoms with Crippen molar-refractivity contribution in [3.05, 3.63) is 36.4 Å². The van der Waals surface area contributed by atoms with Crippen LogP contribution >= 0.6 is 11.5 Å². The van der Waals surface area contributed by atoms with Gasteiger partial charge in [-0.05, 0) is 37.0 Å². The summed E-state index contributed by atoms with van der Waals surface area (Å²) in [5.74, 6) is 2.27. The molecule has 8 nitrogen and oxygen atoms in total. The lowest BCUT2D eigenvalue weighted by molar-refractivity contribution is 0.174. The van der Waals surface area contributed by atoms with E-state index in [-0.39, 0.29) is 0 Å². The highest BCUT2D eigenvalue weighted by molar-refractivity contribution is 7.09. The molecule has 9 heteroatoms. The van der Waals surface area contributed by atoms with E-state index >= 15 is 0 Å². The minimum atomic E-state index is 0.329. The number of hydrogen-bond acceptors (Lipinski definition) is 8. The molecule has 0 bridgehead atoms. The topological polar surface area (TPSA) is 78.2 Å². The number of hydrogen-bond donors (Lipinski definition) is 0. The Hall–Kier alpha value is -2.68. The second-order valence-electron chi connectivity index (χ2n) is 6.14. The standard InChI is InChI=1S/C17H20N6O2S/c1-22(17-20-16(21-26-17)23-11-18-10-19-23)8-4-2-3-5-13-6-7-14-15(9-13)25-12-24-14/h6-7,9-11H,2-5,8,12H2,1H3. The average Bonchev–Trinajstić information content (AvgIpc) is 3.41. The van der Waals surface area contributed by atoms with E-state index in [4.69, 9.17) is 9.47 Å². The molecule has 3 aromatic rings. The largest absolute Gasteiger partial charge is 0.454 e. The summed E-state index contributed by atoms with van der Waals surface area (Å²) in [6.07, 6.45) is 7.54.